The van der Waals surface area contributed by atoms with Gasteiger partial charge in [0, 0.05) is 25.1 Å². The summed E-state index contributed by atoms with van der Waals surface area (Å²) in [5, 5.41) is 10.8. The molecule has 2 heterocycles. The van der Waals surface area contributed by atoms with E-state index in [0.717, 1.165) is 31.7 Å². The molecule has 2 aromatic rings. The van der Waals surface area contributed by atoms with Crippen LogP contribution in [0.2, 0.25) is 0 Å². The van der Waals surface area contributed by atoms with Crippen LogP contribution in [0, 0.1) is 5.92 Å². The van der Waals surface area contributed by atoms with Gasteiger partial charge in [-0.15, -0.1) is 0 Å². The van der Waals surface area contributed by atoms with Gasteiger partial charge in [0.15, 0.2) is 0 Å². The molecule has 0 spiro atoms. The molecule has 1 aromatic carbocycles. The first kappa shape index (κ1) is 15.7. The van der Waals surface area contributed by atoms with E-state index in [2.05, 4.69) is 27.0 Å². The van der Waals surface area contributed by atoms with Gasteiger partial charge in [-0.2, -0.15) is 0 Å². The number of aromatic nitrogens is 2. The third kappa shape index (κ3) is 3.62. The van der Waals surface area contributed by atoms with Gasteiger partial charge in [0.25, 0.3) is 0 Å². The molecule has 3 rings (SSSR count). The Morgan fingerprint density at radius 1 is 1.30 bits per heavy atom. The van der Waals surface area contributed by atoms with Crippen molar-refractivity contribution in [2.75, 3.05) is 25.1 Å². The lowest BCUT2D eigenvalue weighted by atomic mass is 9.79. The highest BCUT2D eigenvalue weighted by molar-refractivity contribution is 5.42. The predicted octanol–water partition coefficient (Wildman–Crippen LogP) is 2.31. The maximum absolute atomic E-state index is 10.8. The molecule has 0 unspecified atom stereocenters. The van der Waals surface area contributed by atoms with Gasteiger partial charge in [-0.3, -0.25) is 0 Å². The van der Waals surface area contributed by atoms with Crippen molar-refractivity contribution in [3.05, 3.63) is 48.3 Å². The number of piperidine rings is 1. The van der Waals surface area contributed by atoms with Crippen molar-refractivity contribution in [2.45, 2.75) is 25.4 Å². The second-order valence-electron chi connectivity index (χ2n) is 6.36. The van der Waals surface area contributed by atoms with Crippen LogP contribution in [0.25, 0.3) is 0 Å². The van der Waals surface area contributed by atoms with Gasteiger partial charge < -0.3 is 14.7 Å². The van der Waals surface area contributed by atoms with Crippen molar-refractivity contribution in [3.63, 3.8) is 0 Å². The molecule has 1 aromatic heterocycles. The zero-order valence-corrected chi connectivity index (χ0v) is 13.6. The SMILES string of the molecule is COc1cc(N2CC[C@@](C)(O)[C@@H](Cc3ccccc3)C2)ncn1. The lowest BCUT2D eigenvalue weighted by Gasteiger charge is -2.43. The van der Waals surface area contributed by atoms with Crippen LogP contribution in [0.15, 0.2) is 42.7 Å². The van der Waals surface area contributed by atoms with E-state index in [1.54, 1.807) is 7.11 Å². The highest BCUT2D eigenvalue weighted by Gasteiger charge is 2.37. The summed E-state index contributed by atoms with van der Waals surface area (Å²) in [7, 11) is 1.60. The molecule has 1 aliphatic rings. The molecule has 0 aliphatic carbocycles. The number of aliphatic hydroxyl groups is 1. The molecule has 5 nitrogen and oxygen atoms in total. The summed E-state index contributed by atoms with van der Waals surface area (Å²) in [6, 6.07) is 12.2. The van der Waals surface area contributed by atoms with Crippen molar-refractivity contribution >= 4 is 5.82 Å². The number of rotatable bonds is 4. The molecule has 0 saturated carbocycles. The lowest BCUT2D eigenvalue weighted by molar-refractivity contribution is -0.0168. The second-order valence-corrected chi connectivity index (χ2v) is 6.36. The van der Waals surface area contributed by atoms with Gasteiger partial charge in [0.05, 0.1) is 12.7 Å². The highest BCUT2D eigenvalue weighted by Crippen LogP contribution is 2.32. The first-order valence-corrected chi connectivity index (χ1v) is 7.96. The van der Waals surface area contributed by atoms with Gasteiger partial charge in [-0.05, 0) is 25.3 Å². The first-order chi connectivity index (χ1) is 11.1. The summed E-state index contributed by atoms with van der Waals surface area (Å²) < 4.78 is 5.18. The van der Waals surface area contributed by atoms with Crippen molar-refractivity contribution in [1.82, 2.24) is 9.97 Å². The summed E-state index contributed by atoms with van der Waals surface area (Å²) in [5.41, 5.74) is 0.587. The van der Waals surface area contributed by atoms with Crippen molar-refractivity contribution in [1.29, 1.82) is 0 Å². The van der Waals surface area contributed by atoms with Crippen LogP contribution in [0.1, 0.15) is 18.9 Å². The van der Waals surface area contributed by atoms with Crippen LogP contribution in [-0.2, 0) is 6.42 Å². The average Bonchev–Trinajstić information content (AvgIpc) is 2.58. The van der Waals surface area contributed by atoms with Crippen molar-refractivity contribution in [2.24, 2.45) is 5.92 Å². The minimum atomic E-state index is -0.663. The van der Waals surface area contributed by atoms with Gasteiger partial charge in [-0.1, -0.05) is 30.3 Å². The fourth-order valence-electron chi connectivity index (χ4n) is 3.12. The number of anilines is 1. The van der Waals surface area contributed by atoms with Gasteiger partial charge >= 0.3 is 0 Å². The van der Waals surface area contributed by atoms with E-state index in [4.69, 9.17) is 4.74 Å². The highest BCUT2D eigenvalue weighted by atomic mass is 16.5. The van der Waals surface area contributed by atoms with E-state index in [9.17, 15) is 5.11 Å². The quantitative estimate of drug-likeness (QED) is 0.938. The molecule has 1 aliphatic heterocycles. The molecular formula is C18H23N3O2. The Morgan fingerprint density at radius 3 is 2.83 bits per heavy atom. The molecule has 1 saturated heterocycles. The van der Waals surface area contributed by atoms with E-state index in [1.165, 1.54) is 11.9 Å². The number of methoxy groups -OCH3 is 1. The van der Waals surface area contributed by atoms with E-state index in [0.29, 0.717) is 5.88 Å². The second kappa shape index (κ2) is 6.54. The fourth-order valence-corrected chi connectivity index (χ4v) is 3.12. The Bertz CT molecular complexity index is 646. The molecule has 1 fully saturated rings. The zero-order chi connectivity index (χ0) is 16.3. The number of benzene rings is 1. The minimum absolute atomic E-state index is 0.152. The Morgan fingerprint density at radius 2 is 2.09 bits per heavy atom. The van der Waals surface area contributed by atoms with E-state index < -0.39 is 5.60 Å². The summed E-state index contributed by atoms with van der Waals surface area (Å²) >= 11 is 0. The van der Waals surface area contributed by atoms with Crippen LogP contribution in [0.3, 0.4) is 0 Å². The standard InChI is InChI=1S/C18H23N3O2/c1-18(22)8-9-21(16-11-17(23-2)20-13-19-16)12-15(18)10-14-6-4-3-5-7-14/h3-7,11,13,15,22H,8-10,12H2,1-2H3/t15-,18+/m0/s1. The Balaban J connectivity index is 1.78. The number of hydrogen-bond acceptors (Lipinski definition) is 5. The normalized spacial score (nSPS) is 24.5. The maximum Gasteiger partial charge on any atom is 0.218 e. The fraction of sp³-hybridized carbons (Fsp3) is 0.444. The number of hydrogen-bond donors (Lipinski definition) is 1. The largest absolute Gasteiger partial charge is 0.481 e. The Kier molecular flexibility index (Phi) is 4.48. The van der Waals surface area contributed by atoms with E-state index in [-0.39, 0.29) is 5.92 Å². The lowest BCUT2D eigenvalue weighted by Crippen LogP contribution is -2.51. The number of nitrogens with zero attached hydrogens (tertiary/aromatic N) is 3. The Labute approximate surface area is 137 Å². The van der Waals surface area contributed by atoms with Gasteiger partial charge in [-0.25, -0.2) is 9.97 Å². The van der Waals surface area contributed by atoms with Gasteiger partial charge in [0.2, 0.25) is 5.88 Å². The summed E-state index contributed by atoms with van der Waals surface area (Å²) in [5.74, 6) is 1.57. The van der Waals surface area contributed by atoms with Crippen LogP contribution in [0.4, 0.5) is 5.82 Å². The third-order valence-corrected chi connectivity index (χ3v) is 4.69. The van der Waals surface area contributed by atoms with Crippen LogP contribution >= 0.6 is 0 Å². The molecule has 0 radical (unpaired) electrons. The predicted molar refractivity (Wildman–Crippen MR) is 89.7 cm³/mol. The zero-order valence-electron chi connectivity index (χ0n) is 13.6. The van der Waals surface area contributed by atoms with Crippen LogP contribution in [-0.4, -0.2) is 40.9 Å². The van der Waals surface area contributed by atoms with E-state index in [1.807, 2.05) is 31.2 Å². The summed E-state index contributed by atoms with van der Waals surface area (Å²) in [6.45, 7) is 3.49. The minimum Gasteiger partial charge on any atom is -0.481 e. The van der Waals surface area contributed by atoms with Gasteiger partial charge in [0.1, 0.15) is 12.1 Å². The molecule has 5 heteroatoms. The molecule has 0 bridgehead atoms. The average molecular weight is 313 g/mol. The monoisotopic (exact) mass is 313 g/mol. The molecular weight excluding hydrogens is 290 g/mol. The van der Waals surface area contributed by atoms with Crippen molar-refractivity contribution in [3.8, 4) is 5.88 Å². The molecule has 23 heavy (non-hydrogen) atoms. The molecule has 0 amide bonds. The first-order valence-electron chi connectivity index (χ1n) is 7.96. The third-order valence-electron chi connectivity index (χ3n) is 4.69. The topological polar surface area (TPSA) is 58.5 Å². The van der Waals surface area contributed by atoms with Crippen molar-refractivity contribution < 1.29 is 9.84 Å². The van der Waals surface area contributed by atoms with Crippen LogP contribution in [0.5, 0.6) is 5.88 Å². The summed E-state index contributed by atoms with van der Waals surface area (Å²) in [4.78, 5) is 10.6. The summed E-state index contributed by atoms with van der Waals surface area (Å²) in [6.07, 6.45) is 3.09. The van der Waals surface area contributed by atoms with Crippen LogP contribution < -0.4 is 9.64 Å². The van der Waals surface area contributed by atoms with E-state index >= 15 is 0 Å². The molecule has 122 valence electrons. The Hall–Kier alpha value is -2.14. The molecule has 2 atom stereocenters. The smallest absolute Gasteiger partial charge is 0.218 e. The maximum atomic E-state index is 10.8. The molecule has 1 N–H and O–H groups in total. The number of ether oxygens (including phenoxy) is 1.